The number of fused-ring (bicyclic) bond motifs is 1. The molecule has 1 saturated carbocycles. The van der Waals surface area contributed by atoms with E-state index in [1.807, 2.05) is 30.5 Å². The Bertz CT molecular complexity index is 699. The number of carbonyl (C=O) groups is 2. The van der Waals surface area contributed by atoms with Gasteiger partial charge in [0.2, 0.25) is 5.91 Å². The van der Waals surface area contributed by atoms with Crippen LogP contribution in [-0.4, -0.2) is 27.5 Å². The number of carbonyl (C=O) groups excluding carboxylic acids is 1. The molecule has 2 aromatic rings. The summed E-state index contributed by atoms with van der Waals surface area (Å²) < 4.78 is 0. The van der Waals surface area contributed by atoms with Crippen LogP contribution in [0, 0.1) is 0 Å². The number of carboxylic acids is 1. The lowest BCUT2D eigenvalue weighted by molar-refractivity contribution is -0.149. The van der Waals surface area contributed by atoms with Gasteiger partial charge in [0, 0.05) is 17.1 Å². The predicted molar refractivity (Wildman–Crippen MR) is 83.6 cm³/mol. The molecule has 0 spiro atoms. The number of rotatable bonds is 4. The van der Waals surface area contributed by atoms with Crippen molar-refractivity contribution in [1.29, 1.82) is 0 Å². The SMILES string of the molecule is O=C(Cc1c[nH]c2ccccc12)NC1(C(=O)O)CCCCC1. The number of hydrogen-bond donors (Lipinski definition) is 3. The van der Waals surface area contributed by atoms with Crippen LogP contribution in [0.25, 0.3) is 10.9 Å². The van der Waals surface area contributed by atoms with E-state index in [0.717, 1.165) is 35.7 Å². The Balaban J connectivity index is 1.75. The van der Waals surface area contributed by atoms with Crippen LogP contribution in [0.2, 0.25) is 0 Å². The highest BCUT2D eigenvalue weighted by atomic mass is 16.4. The van der Waals surface area contributed by atoms with E-state index < -0.39 is 11.5 Å². The van der Waals surface area contributed by atoms with Crippen molar-refractivity contribution in [3.8, 4) is 0 Å². The minimum atomic E-state index is -1.08. The second kappa shape index (κ2) is 5.83. The highest BCUT2D eigenvalue weighted by molar-refractivity contribution is 5.91. The van der Waals surface area contributed by atoms with E-state index in [1.54, 1.807) is 0 Å². The van der Waals surface area contributed by atoms with Gasteiger partial charge in [0.1, 0.15) is 5.54 Å². The summed E-state index contributed by atoms with van der Waals surface area (Å²) in [5.41, 5.74) is 0.793. The number of hydrogen-bond acceptors (Lipinski definition) is 2. The lowest BCUT2D eigenvalue weighted by atomic mass is 9.81. The van der Waals surface area contributed by atoms with E-state index in [2.05, 4.69) is 10.3 Å². The Morgan fingerprint density at radius 3 is 2.64 bits per heavy atom. The number of aromatic amines is 1. The Morgan fingerprint density at radius 2 is 1.91 bits per heavy atom. The minimum Gasteiger partial charge on any atom is -0.480 e. The standard InChI is InChI=1S/C17H20N2O3/c20-15(19-17(16(21)22)8-4-1-5-9-17)10-12-11-18-14-7-3-2-6-13(12)14/h2-3,6-7,11,18H,1,4-5,8-10H2,(H,19,20)(H,21,22). The van der Waals surface area contributed by atoms with Gasteiger partial charge in [-0.2, -0.15) is 0 Å². The molecule has 0 unspecified atom stereocenters. The van der Waals surface area contributed by atoms with Crippen molar-refractivity contribution >= 4 is 22.8 Å². The fourth-order valence-corrected chi connectivity index (χ4v) is 3.31. The van der Waals surface area contributed by atoms with Crippen molar-refractivity contribution in [2.24, 2.45) is 0 Å². The molecule has 1 aliphatic carbocycles. The zero-order valence-corrected chi connectivity index (χ0v) is 12.4. The van der Waals surface area contributed by atoms with Crippen molar-refractivity contribution in [3.63, 3.8) is 0 Å². The summed E-state index contributed by atoms with van der Waals surface area (Å²) in [6, 6.07) is 7.78. The quantitative estimate of drug-likeness (QED) is 0.811. The largest absolute Gasteiger partial charge is 0.480 e. The van der Waals surface area contributed by atoms with E-state index in [-0.39, 0.29) is 12.3 Å². The summed E-state index contributed by atoms with van der Waals surface area (Å²) in [6.45, 7) is 0. The number of para-hydroxylation sites is 1. The van der Waals surface area contributed by atoms with Crippen LogP contribution < -0.4 is 5.32 Å². The van der Waals surface area contributed by atoms with E-state index >= 15 is 0 Å². The monoisotopic (exact) mass is 300 g/mol. The van der Waals surface area contributed by atoms with Gasteiger partial charge in [-0.1, -0.05) is 37.5 Å². The van der Waals surface area contributed by atoms with Gasteiger partial charge in [-0.25, -0.2) is 4.79 Å². The molecular formula is C17H20N2O3. The predicted octanol–water partition coefficient (Wildman–Crippen LogP) is 2.61. The van der Waals surface area contributed by atoms with Crippen LogP contribution in [-0.2, 0) is 16.0 Å². The highest BCUT2D eigenvalue weighted by Crippen LogP contribution is 2.29. The second-order valence-electron chi connectivity index (χ2n) is 6.03. The van der Waals surface area contributed by atoms with Crippen molar-refractivity contribution in [2.45, 2.75) is 44.1 Å². The zero-order valence-electron chi connectivity index (χ0n) is 12.4. The molecular weight excluding hydrogens is 280 g/mol. The first-order valence-electron chi connectivity index (χ1n) is 7.70. The van der Waals surface area contributed by atoms with Gasteiger partial charge < -0.3 is 15.4 Å². The van der Waals surface area contributed by atoms with Crippen molar-refractivity contribution < 1.29 is 14.7 Å². The number of aliphatic carboxylic acids is 1. The average Bonchev–Trinajstić information content (AvgIpc) is 2.91. The second-order valence-corrected chi connectivity index (χ2v) is 6.03. The van der Waals surface area contributed by atoms with E-state index in [1.165, 1.54) is 0 Å². The number of nitrogens with one attached hydrogen (secondary N) is 2. The van der Waals surface area contributed by atoms with E-state index in [4.69, 9.17) is 0 Å². The van der Waals surface area contributed by atoms with Crippen molar-refractivity contribution in [3.05, 3.63) is 36.0 Å². The van der Waals surface area contributed by atoms with Gasteiger partial charge >= 0.3 is 5.97 Å². The van der Waals surface area contributed by atoms with Gasteiger partial charge in [0.15, 0.2) is 0 Å². The maximum Gasteiger partial charge on any atom is 0.329 e. The lowest BCUT2D eigenvalue weighted by Crippen LogP contribution is -2.55. The summed E-state index contributed by atoms with van der Waals surface area (Å²) in [5.74, 6) is -1.14. The number of benzene rings is 1. The first-order valence-corrected chi connectivity index (χ1v) is 7.70. The van der Waals surface area contributed by atoms with Gasteiger partial charge in [-0.3, -0.25) is 4.79 Å². The Labute approximate surface area is 128 Å². The van der Waals surface area contributed by atoms with E-state index in [9.17, 15) is 14.7 Å². The fraction of sp³-hybridized carbons (Fsp3) is 0.412. The lowest BCUT2D eigenvalue weighted by Gasteiger charge is -2.34. The highest BCUT2D eigenvalue weighted by Gasteiger charge is 2.40. The molecule has 1 fully saturated rings. The molecule has 5 heteroatoms. The van der Waals surface area contributed by atoms with Crippen LogP contribution in [0.4, 0.5) is 0 Å². The smallest absolute Gasteiger partial charge is 0.329 e. The third-order valence-corrected chi connectivity index (χ3v) is 4.52. The van der Waals surface area contributed by atoms with Crippen molar-refractivity contribution in [2.75, 3.05) is 0 Å². The topological polar surface area (TPSA) is 82.2 Å². The molecule has 22 heavy (non-hydrogen) atoms. The van der Waals surface area contributed by atoms with Crippen molar-refractivity contribution in [1.82, 2.24) is 10.3 Å². The average molecular weight is 300 g/mol. The first-order chi connectivity index (χ1) is 10.6. The Morgan fingerprint density at radius 1 is 1.18 bits per heavy atom. The summed E-state index contributed by atoms with van der Waals surface area (Å²) in [6.07, 6.45) is 5.77. The maximum absolute atomic E-state index is 12.3. The Hall–Kier alpha value is -2.30. The molecule has 3 N–H and O–H groups in total. The summed E-state index contributed by atoms with van der Waals surface area (Å²) >= 11 is 0. The number of aromatic nitrogens is 1. The summed E-state index contributed by atoms with van der Waals surface area (Å²) in [5, 5.41) is 13.3. The molecule has 116 valence electrons. The maximum atomic E-state index is 12.3. The fourth-order valence-electron chi connectivity index (χ4n) is 3.31. The van der Waals surface area contributed by atoms with Gasteiger partial charge in [0.05, 0.1) is 6.42 Å². The van der Waals surface area contributed by atoms with Gasteiger partial charge in [-0.05, 0) is 24.5 Å². The third-order valence-electron chi connectivity index (χ3n) is 4.52. The zero-order chi connectivity index (χ0) is 15.6. The first kappa shape index (κ1) is 14.6. The molecule has 3 rings (SSSR count). The van der Waals surface area contributed by atoms with E-state index in [0.29, 0.717) is 12.8 Å². The van der Waals surface area contributed by atoms with Crippen LogP contribution >= 0.6 is 0 Å². The molecule has 0 bridgehead atoms. The third kappa shape index (κ3) is 2.71. The molecule has 0 aliphatic heterocycles. The normalized spacial score (nSPS) is 17.3. The van der Waals surface area contributed by atoms with Crippen LogP contribution in [0.15, 0.2) is 30.5 Å². The molecule has 1 aromatic heterocycles. The summed E-state index contributed by atoms with van der Waals surface area (Å²) in [7, 11) is 0. The number of amides is 1. The molecule has 0 radical (unpaired) electrons. The molecule has 5 nitrogen and oxygen atoms in total. The molecule has 0 atom stereocenters. The van der Waals surface area contributed by atoms with Crippen LogP contribution in [0.3, 0.4) is 0 Å². The molecule has 0 saturated heterocycles. The van der Waals surface area contributed by atoms with Crippen LogP contribution in [0.5, 0.6) is 0 Å². The molecule has 1 heterocycles. The molecule has 1 aromatic carbocycles. The Kier molecular flexibility index (Phi) is 3.88. The summed E-state index contributed by atoms with van der Waals surface area (Å²) in [4.78, 5) is 27.1. The van der Waals surface area contributed by atoms with Gasteiger partial charge in [0.25, 0.3) is 0 Å². The number of carboxylic acid groups (broad SMARTS) is 1. The minimum absolute atomic E-state index is 0.193. The van der Waals surface area contributed by atoms with Crippen LogP contribution in [0.1, 0.15) is 37.7 Å². The number of H-pyrrole nitrogens is 1. The molecule has 1 amide bonds. The molecule has 1 aliphatic rings. The van der Waals surface area contributed by atoms with Gasteiger partial charge in [-0.15, -0.1) is 0 Å².